The third kappa shape index (κ3) is 3.52. The number of aryl methyl sites for hydroxylation is 1. The molecule has 20 heavy (non-hydrogen) atoms. The highest BCUT2D eigenvalue weighted by molar-refractivity contribution is 9.11. The van der Waals surface area contributed by atoms with Crippen molar-refractivity contribution in [2.75, 3.05) is 4.72 Å². The number of nitrogens with zero attached hydrogens (tertiary/aromatic N) is 1. The zero-order valence-electron chi connectivity index (χ0n) is 10.2. The van der Waals surface area contributed by atoms with Crippen LogP contribution in [0.4, 0.5) is 5.69 Å². The quantitative estimate of drug-likeness (QED) is 0.721. The van der Waals surface area contributed by atoms with Crippen molar-refractivity contribution in [3.05, 3.63) is 50.1 Å². The predicted octanol–water partition coefficient (Wildman–Crippen LogP) is 4.37. The number of hydrogen-bond acceptors (Lipinski definition) is 3. The second-order valence-corrected chi connectivity index (χ2v) is 7.76. The highest BCUT2D eigenvalue weighted by atomic mass is 79.9. The van der Waals surface area contributed by atoms with E-state index in [9.17, 15) is 8.42 Å². The Labute approximate surface area is 138 Å². The standard InChI is InChI=1S/C12H9Br2ClN2O2S/c1-7-10(4-5-12(15)16-7)17-20(18,19)11-6-8(13)2-3-9(11)14/h2-6,17H,1H3. The number of hydrogen-bond donors (Lipinski definition) is 1. The molecule has 0 saturated carbocycles. The van der Waals surface area contributed by atoms with E-state index in [0.717, 1.165) is 0 Å². The largest absolute Gasteiger partial charge is 0.278 e. The lowest BCUT2D eigenvalue weighted by molar-refractivity contribution is 0.600. The fourth-order valence-corrected chi connectivity index (χ4v) is 4.33. The van der Waals surface area contributed by atoms with Crippen molar-refractivity contribution in [3.63, 3.8) is 0 Å². The molecule has 0 aliphatic rings. The molecular formula is C12H9Br2ClN2O2S. The van der Waals surface area contributed by atoms with Crippen LogP contribution in [0, 0.1) is 6.92 Å². The summed E-state index contributed by atoms with van der Waals surface area (Å²) >= 11 is 12.2. The Morgan fingerprint density at radius 1 is 1.20 bits per heavy atom. The minimum atomic E-state index is -3.71. The van der Waals surface area contributed by atoms with Crippen molar-refractivity contribution in [2.24, 2.45) is 0 Å². The highest BCUT2D eigenvalue weighted by Crippen LogP contribution is 2.28. The van der Waals surface area contributed by atoms with Crippen LogP contribution in [0.5, 0.6) is 0 Å². The maximum Gasteiger partial charge on any atom is 0.263 e. The van der Waals surface area contributed by atoms with Gasteiger partial charge in [-0.1, -0.05) is 27.5 Å². The molecule has 1 aromatic carbocycles. The van der Waals surface area contributed by atoms with Gasteiger partial charge in [0.1, 0.15) is 10.0 Å². The van der Waals surface area contributed by atoms with Gasteiger partial charge in [0.2, 0.25) is 0 Å². The Bertz CT molecular complexity index is 766. The van der Waals surface area contributed by atoms with E-state index in [-0.39, 0.29) is 4.90 Å². The molecule has 0 aliphatic carbocycles. The first-order chi connectivity index (χ1) is 9.29. The first-order valence-electron chi connectivity index (χ1n) is 5.40. The van der Waals surface area contributed by atoms with Crippen molar-refractivity contribution >= 4 is 59.2 Å². The monoisotopic (exact) mass is 438 g/mol. The summed E-state index contributed by atoms with van der Waals surface area (Å²) in [6.45, 7) is 1.68. The summed E-state index contributed by atoms with van der Waals surface area (Å²) < 4.78 is 28.4. The van der Waals surface area contributed by atoms with Crippen LogP contribution in [-0.2, 0) is 10.0 Å². The van der Waals surface area contributed by atoms with Crippen molar-refractivity contribution in [1.29, 1.82) is 0 Å². The number of nitrogens with one attached hydrogen (secondary N) is 1. The summed E-state index contributed by atoms with van der Waals surface area (Å²) in [6, 6.07) is 8.03. The number of sulfonamides is 1. The molecule has 2 aromatic rings. The van der Waals surface area contributed by atoms with E-state index in [2.05, 4.69) is 41.6 Å². The number of pyridine rings is 1. The molecule has 0 bridgehead atoms. The maximum absolute atomic E-state index is 12.4. The lowest BCUT2D eigenvalue weighted by Crippen LogP contribution is -2.14. The highest BCUT2D eigenvalue weighted by Gasteiger charge is 2.19. The van der Waals surface area contributed by atoms with E-state index in [4.69, 9.17) is 11.6 Å². The van der Waals surface area contributed by atoms with Crippen molar-refractivity contribution in [1.82, 2.24) is 4.98 Å². The van der Waals surface area contributed by atoms with Crippen molar-refractivity contribution in [3.8, 4) is 0 Å². The molecule has 0 spiro atoms. The van der Waals surface area contributed by atoms with Crippen molar-refractivity contribution < 1.29 is 8.42 Å². The molecule has 1 heterocycles. The van der Waals surface area contributed by atoms with Crippen LogP contribution in [0.3, 0.4) is 0 Å². The van der Waals surface area contributed by atoms with Gasteiger partial charge in [-0.25, -0.2) is 13.4 Å². The van der Waals surface area contributed by atoms with Crippen LogP contribution >= 0.6 is 43.5 Å². The van der Waals surface area contributed by atoms with Gasteiger partial charge < -0.3 is 0 Å². The van der Waals surface area contributed by atoms with Gasteiger partial charge in [-0.15, -0.1) is 0 Å². The topological polar surface area (TPSA) is 59.1 Å². The number of rotatable bonds is 3. The molecule has 0 unspecified atom stereocenters. The molecule has 0 fully saturated rings. The Morgan fingerprint density at radius 3 is 2.55 bits per heavy atom. The summed E-state index contributed by atoms with van der Waals surface area (Å²) in [5.74, 6) is 0. The lowest BCUT2D eigenvalue weighted by Gasteiger charge is -2.11. The van der Waals surface area contributed by atoms with E-state index in [1.54, 1.807) is 25.1 Å². The summed E-state index contributed by atoms with van der Waals surface area (Å²) in [7, 11) is -3.71. The van der Waals surface area contributed by atoms with E-state index in [1.807, 2.05) is 0 Å². The molecule has 0 aliphatic heterocycles. The van der Waals surface area contributed by atoms with Gasteiger partial charge in [0.15, 0.2) is 0 Å². The van der Waals surface area contributed by atoms with Gasteiger partial charge in [0, 0.05) is 8.95 Å². The van der Waals surface area contributed by atoms with Crippen LogP contribution in [-0.4, -0.2) is 13.4 Å². The Balaban J connectivity index is 2.43. The summed E-state index contributed by atoms with van der Waals surface area (Å²) in [5.41, 5.74) is 0.897. The summed E-state index contributed by atoms with van der Waals surface area (Å²) in [5, 5.41) is 0.314. The molecule has 4 nitrogen and oxygen atoms in total. The predicted molar refractivity (Wildman–Crippen MR) is 86.6 cm³/mol. The zero-order valence-corrected chi connectivity index (χ0v) is 14.9. The molecule has 1 aromatic heterocycles. The van der Waals surface area contributed by atoms with Crippen LogP contribution in [0.25, 0.3) is 0 Å². The maximum atomic E-state index is 12.4. The number of halogens is 3. The van der Waals surface area contributed by atoms with Gasteiger partial charge in [0.05, 0.1) is 11.4 Å². The van der Waals surface area contributed by atoms with Gasteiger partial charge >= 0.3 is 0 Å². The third-order valence-electron chi connectivity index (χ3n) is 2.48. The zero-order chi connectivity index (χ0) is 14.9. The fourth-order valence-electron chi connectivity index (χ4n) is 1.52. The van der Waals surface area contributed by atoms with Gasteiger partial charge in [-0.3, -0.25) is 4.72 Å². The first kappa shape index (κ1) is 15.8. The lowest BCUT2D eigenvalue weighted by atomic mass is 10.3. The number of benzene rings is 1. The van der Waals surface area contributed by atoms with Crippen LogP contribution in [0.15, 0.2) is 44.2 Å². The molecule has 106 valence electrons. The smallest absolute Gasteiger partial charge is 0.263 e. The second kappa shape index (κ2) is 6.01. The Morgan fingerprint density at radius 2 is 1.90 bits per heavy atom. The minimum absolute atomic E-state index is 0.140. The average molecular weight is 441 g/mol. The van der Waals surface area contributed by atoms with E-state index >= 15 is 0 Å². The Hall–Kier alpha value is -0.630. The van der Waals surface area contributed by atoms with Gasteiger partial charge in [-0.2, -0.15) is 0 Å². The SMILES string of the molecule is Cc1nc(Cl)ccc1NS(=O)(=O)c1cc(Br)ccc1Br. The molecular weight excluding hydrogens is 431 g/mol. The average Bonchev–Trinajstić information content (AvgIpc) is 2.35. The minimum Gasteiger partial charge on any atom is -0.278 e. The van der Waals surface area contributed by atoms with Crippen LogP contribution < -0.4 is 4.72 Å². The van der Waals surface area contributed by atoms with E-state index < -0.39 is 10.0 Å². The molecule has 0 amide bonds. The molecule has 2 rings (SSSR count). The molecule has 0 radical (unpaired) electrons. The third-order valence-corrected chi connectivity index (χ3v) is 5.54. The van der Waals surface area contributed by atoms with Crippen LogP contribution in [0.2, 0.25) is 5.15 Å². The molecule has 0 atom stereocenters. The van der Waals surface area contributed by atoms with Gasteiger partial charge in [-0.05, 0) is 53.2 Å². The fraction of sp³-hybridized carbons (Fsp3) is 0.0833. The molecule has 0 saturated heterocycles. The van der Waals surface area contributed by atoms with Crippen LogP contribution in [0.1, 0.15) is 5.69 Å². The number of aromatic nitrogens is 1. The normalized spacial score (nSPS) is 11.4. The molecule has 1 N–H and O–H groups in total. The van der Waals surface area contributed by atoms with E-state index in [0.29, 0.717) is 25.5 Å². The first-order valence-corrected chi connectivity index (χ1v) is 8.85. The summed E-state index contributed by atoms with van der Waals surface area (Å²) in [6.07, 6.45) is 0. The second-order valence-electron chi connectivity index (χ2n) is 3.95. The van der Waals surface area contributed by atoms with Crippen molar-refractivity contribution in [2.45, 2.75) is 11.8 Å². The molecule has 8 heteroatoms. The number of anilines is 1. The van der Waals surface area contributed by atoms with E-state index in [1.165, 1.54) is 12.1 Å². The summed E-state index contributed by atoms with van der Waals surface area (Å²) in [4.78, 5) is 4.15. The Kier molecular flexibility index (Phi) is 4.73. The van der Waals surface area contributed by atoms with Gasteiger partial charge in [0.25, 0.3) is 10.0 Å².